The quantitative estimate of drug-likeness (QED) is 0.613. The van der Waals surface area contributed by atoms with Crippen LogP contribution in [0.3, 0.4) is 0 Å². The SMILES string of the molecule is CCN(CC)S(=O)(=O)c1ccc(C(=O)Nc2ccc(OCCOC)cc2)cc1. The van der Waals surface area contributed by atoms with Crippen LogP contribution in [0.25, 0.3) is 0 Å². The van der Waals surface area contributed by atoms with E-state index in [9.17, 15) is 13.2 Å². The summed E-state index contributed by atoms with van der Waals surface area (Å²) < 4.78 is 36.8. The van der Waals surface area contributed by atoms with Crippen molar-refractivity contribution in [1.82, 2.24) is 4.31 Å². The predicted octanol–water partition coefficient (Wildman–Crippen LogP) is 2.99. The second kappa shape index (κ2) is 10.2. The van der Waals surface area contributed by atoms with Gasteiger partial charge in [0.2, 0.25) is 10.0 Å². The monoisotopic (exact) mass is 406 g/mol. The van der Waals surface area contributed by atoms with Crippen LogP contribution < -0.4 is 10.1 Å². The molecule has 7 nitrogen and oxygen atoms in total. The van der Waals surface area contributed by atoms with Crippen molar-refractivity contribution in [2.24, 2.45) is 0 Å². The van der Waals surface area contributed by atoms with Crippen LogP contribution in [0, 0.1) is 0 Å². The number of rotatable bonds is 10. The van der Waals surface area contributed by atoms with E-state index in [2.05, 4.69) is 5.32 Å². The molecular weight excluding hydrogens is 380 g/mol. The van der Waals surface area contributed by atoms with E-state index >= 15 is 0 Å². The van der Waals surface area contributed by atoms with E-state index in [1.165, 1.54) is 28.6 Å². The Morgan fingerprint density at radius 1 is 0.964 bits per heavy atom. The average molecular weight is 407 g/mol. The van der Waals surface area contributed by atoms with Gasteiger partial charge >= 0.3 is 0 Å². The molecule has 0 radical (unpaired) electrons. The number of anilines is 1. The van der Waals surface area contributed by atoms with Gasteiger partial charge in [-0.05, 0) is 48.5 Å². The number of carbonyl (C=O) groups is 1. The number of carbonyl (C=O) groups excluding carboxylic acids is 1. The van der Waals surface area contributed by atoms with E-state index in [1.807, 2.05) is 0 Å². The summed E-state index contributed by atoms with van der Waals surface area (Å²) in [6, 6.07) is 12.9. The highest BCUT2D eigenvalue weighted by Crippen LogP contribution is 2.19. The molecule has 0 atom stereocenters. The van der Waals surface area contributed by atoms with Gasteiger partial charge in [-0.25, -0.2) is 8.42 Å². The van der Waals surface area contributed by atoms with E-state index < -0.39 is 10.0 Å². The lowest BCUT2D eigenvalue weighted by Gasteiger charge is -2.18. The maximum atomic E-state index is 12.5. The molecule has 0 fully saturated rings. The molecule has 0 saturated heterocycles. The molecule has 0 aliphatic carbocycles. The molecule has 152 valence electrons. The number of hydrogen-bond donors (Lipinski definition) is 1. The molecule has 1 N–H and O–H groups in total. The molecule has 0 unspecified atom stereocenters. The average Bonchev–Trinajstić information content (AvgIpc) is 2.70. The van der Waals surface area contributed by atoms with Gasteiger partial charge in [0.25, 0.3) is 5.91 Å². The standard InChI is InChI=1S/C20H26N2O5S/c1-4-22(5-2)28(24,25)19-12-6-16(7-13-19)20(23)21-17-8-10-18(11-9-17)27-15-14-26-3/h6-13H,4-5,14-15H2,1-3H3,(H,21,23). The van der Waals surface area contributed by atoms with E-state index in [0.717, 1.165) is 0 Å². The fourth-order valence-electron chi connectivity index (χ4n) is 2.57. The summed E-state index contributed by atoms with van der Waals surface area (Å²) in [6.07, 6.45) is 0. The fraction of sp³-hybridized carbons (Fsp3) is 0.350. The van der Waals surface area contributed by atoms with Crippen molar-refractivity contribution in [3.05, 3.63) is 54.1 Å². The Kier molecular flexibility index (Phi) is 7.98. The predicted molar refractivity (Wildman–Crippen MR) is 108 cm³/mol. The second-order valence-electron chi connectivity index (χ2n) is 5.93. The lowest BCUT2D eigenvalue weighted by molar-refractivity contribution is 0.102. The first-order valence-corrected chi connectivity index (χ1v) is 10.5. The smallest absolute Gasteiger partial charge is 0.255 e. The summed E-state index contributed by atoms with van der Waals surface area (Å²) in [6.45, 7) is 5.31. The van der Waals surface area contributed by atoms with Crippen molar-refractivity contribution < 1.29 is 22.7 Å². The minimum atomic E-state index is -3.54. The Bertz CT molecular complexity index is 860. The molecule has 8 heteroatoms. The molecule has 2 aromatic carbocycles. The van der Waals surface area contributed by atoms with Crippen molar-refractivity contribution >= 4 is 21.6 Å². The lowest BCUT2D eigenvalue weighted by Crippen LogP contribution is -2.30. The highest BCUT2D eigenvalue weighted by atomic mass is 32.2. The fourth-order valence-corrected chi connectivity index (χ4v) is 4.03. The number of nitrogens with one attached hydrogen (secondary N) is 1. The van der Waals surface area contributed by atoms with E-state index in [1.54, 1.807) is 45.2 Å². The zero-order valence-corrected chi connectivity index (χ0v) is 17.2. The van der Waals surface area contributed by atoms with Gasteiger partial charge in [-0.15, -0.1) is 0 Å². The molecule has 28 heavy (non-hydrogen) atoms. The van der Waals surface area contributed by atoms with Crippen molar-refractivity contribution in [3.8, 4) is 5.75 Å². The molecule has 0 heterocycles. The van der Waals surface area contributed by atoms with Crippen LogP contribution in [-0.2, 0) is 14.8 Å². The zero-order chi connectivity index (χ0) is 20.6. The Morgan fingerprint density at radius 3 is 2.11 bits per heavy atom. The topological polar surface area (TPSA) is 84.9 Å². The molecule has 0 aromatic heterocycles. The second-order valence-corrected chi connectivity index (χ2v) is 7.87. The Hall–Kier alpha value is -2.42. The van der Waals surface area contributed by atoms with E-state index in [0.29, 0.717) is 43.3 Å². The molecule has 0 bridgehead atoms. The van der Waals surface area contributed by atoms with Crippen LogP contribution in [0.5, 0.6) is 5.75 Å². The molecule has 0 aliphatic rings. The number of ether oxygens (including phenoxy) is 2. The minimum absolute atomic E-state index is 0.172. The van der Waals surface area contributed by atoms with Gasteiger partial charge in [0, 0.05) is 31.5 Å². The largest absolute Gasteiger partial charge is 0.491 e. The number of sulfonamides is 1. The summed E-state index contributed by atoms with van der Waals surface area (Å²) in [5.74, 6) is 0.362. The van der Waals surface area contributed by atoms with Crippen LogP contribution in [0.4, 0.5) is 5.69 Å². The van der Waals surface area contributed by atoms with Gasteiger partial charge in [0.15, 0.2) is 0 Å². The number of methoxy groups -OCH3 is 1. The van der Waals surface area contributed by atoms with Crippen LogP contribution in [0.2, 0.25) is 0 Å². The maximum Gasteiger partial charge on any atom is 0.255 e. The number of benzene rings is 2. The molecular formula is C20H26N2O5S. The minimum Gasteiger partial charge on any atom is -0.491 e. The summed E-state index contributed by atoms with van der Waals surface area (Å²) in [5, 5.41) is 2.78. The van der Waals surface area contributed by atoms with Crippen molar-refractivity contribution in [3.63, 3.8) is 0 Å². The molecule has 1 amide bonds. The van der Waals surface area contributed by atoms with Crippen LogP contribution in [0.15, 0.2) is 53.4 Å². The summed E-state index contributed by atoms with van der Waals surface area (Å²) >= 11 is 0. The maximum absolute atomic E-state index is 12.5. The van der Waals surface area contributed by atoms with Gasteiger partial charge in [-0.1, -0.05) is 13.8 Å². The molecule has 0 aliphatic heterocycles. The Balaban J connectivity index is 2.03. The van der Waals surface area contributed by atoms with E-state index in [4.69, 9.17) is 9.47 Å². The van der Waals surface area contributed by atoms with Gasteiger partial charge in [0.05, 0.1) is 11.5 Å². The van der Waals surface area contributed by atoms with Gasteiger partial charge in [-0.2, -0.15) is 4.31 Å². The first-order valence-electron chi connectivity index (χ1n) is 9.05. The molecule has 0 saturated carbocycles. The first-order chi connectivity index (χ1) is 13.4. The van der Waals surface area contributed by atoms with Gasteiger partial charge < -0.3 is 14.8 Å². The first kappa shape index (κ1) is 21.9. The highest BCUT2D eigenvalue weighted by Gasteiger charge is 2.21. The molecule has 0 spiro atoms. The lowest BCUT2D eigenvalue weighted by atomic mass is 10.2. The number of amides is 1. The van der Waals surface area contributed by atoms with Crippen molar-refractivity contribution in [2.75, 3.05) is 38.7 Å². The summed E-state index contributed by atoms with van der Waals surface area (Å²) in [7, 11) is -1.93. The van der Waals surface area contributed by atoms with Crippen LogP contribution in [0.1, 0.15) is 24.2 Å². The van der Waals surface area contributed by atoms with E-state index in [-0.39, 0.29) is 10.8 Å². The van der Waals surface area contributed by atoms with Crippen molar-refractivity contribution in [2.45, 2.75) is 18.7 Å². The third kappa shape index (κ3) is 5.54. The molecule has 2 aromatic rings. The summed E-state index contributed by atoms with van der Waals surface area (Å²) in [4.78, 5) is 12.6. The highest BCUT2D eigenvalue weighted by molar-refractivity contribution is 7.89. The van der Waals surface area contributed by atoms with Gasteiger partial charge in [0.1, 0.15) is 12.4 Å². The number of nitrogens with zero attached hydrogens (tertiary/aromatic N) is 1. The van der Waals surface area contributed by atoms with Crippen LogP contribution in [-0.4, -0.2) is 52.0 Å². The van der Waals surface area contributed by atoms with Gasteiger partial charge in [-0.3, -0.25) is 4.79 Å². The number of hydrogen-bond acceptors (Lipinski definition) is 5. The van der Waals surface area contributed by atoms with Crippen LogP contribution >= 0.6 is 0 Å². The third-order valence-corrected chi connectivity index (χ3v) is 6.19. The zero-order valence-electron chi connectivity index (χ0n) is 16.3. The third-order valence-electron chi connectivity index (χ3n) is 4.13. The Labute approximate surface area is 166 Å². The van der Waals surface area contributed by atoms with Crippen molar-refractivity contribution in [1.29, 1.82) is 0 Å². The molecule has 2 rings (SSSR count). The normalized spacial score (nSPS) is 11.4. The summed E-state index contributed by atoms with van der Waals surface area (Å²) in [5.41, 5.74) is 0.989. The Morgan fingerprint density at radius 2 is 1.57 bits per heavy atom.